The van der Waals surface area contributed by atoms with Crippen LogP contribution in [-0.4, -0.2) is 34.6 Å². The number of β-amino-alcohol motifs (C(OH)–C–C–N with tert-alkyl or cyclic N) is 1. The van der Waals surface area contributed by atoms with Crippen LogP contribution in [0.5, 0.6) is 0 Å². The number of halogens is 2. The summed E-state index contributed by atoms with van der Waals surface area (Å²) in [6.07, 6.45) is 0. The molecule has 1 N–H and O–H groups in total. The fraction of sp³-hybridized carbons (Fsp3) is 0.364. The zero-order valence-electron chi connectivity index (χ0n) is 8.70. The Kier molecular flexibility index (Phi) is 2.86. The number of nitrogens with zero attached hydrogens (tertiary/aromatic N) is 1. The largest absolute Gasteiger partial charge is 0.386 e. The molecule has 1 fully saturated rings. The SMILES string of the molecule is CC1(O)CN(C(=O)c2cccc(Cl)c2Cl)C1. The van der Waals surface area contributed by atoms with Gasteiger partial charge in [0, 0.05) is 0 Å². The standard InChI is InChI=1S/C11H11Cl2NO2/c1-11(16)5-14(6-11)10(15)7-3-2-4-8(12)9(7)13/h2-4,16H,5-6H2,1H3. The lowest BCUT2D eigenvalue weighted by Crippen LogP contribution is -2.61. The second kappa shape index (κ2) is 3.91. The van der Waals surface area contributed by atoms with Crippen LogP contribution in [0, 0.1) is 0 Å². The number of hydrogen-bond donors (Lipinski definition) is 1. The van der Waals surface area contributed by atoms with Crippen molar-refractivity contribution in [2.24, 2.45) is 0 Å². The summed E-state index contributed by atoms with van der Waals surface area (Å²) in [4.78, 5) is 13.5. The van der Waals surface area contributed by atoms with Gasteiger partial charge in [-0.25, -0.2) is 0 Å². The molecule has 0 aliphatic carbocycles. The average Bonchev–Trinajstić information content (AvgIpc) is 2.17. The first kappa shape index (κ1) is 11.7. The third-order valence-corrected chi connectivity index (χ3v) is 3.35. The molecule has 86 valence electrons. The van der Waals surface area contributed by atoms with Gasteiger partial charge in [-0.05, 0) is 19.1 Å². The van der Waals surface area contributed by atoms with Crippen LogP contribution < -0.4 is 0 Å². The van der Waals surface area contributed by atoms with Gasteiger partial charge in [-0.3, -0.25) is 4.79 Å². The van der Waals surface area contributed by atoms with Crippen LogP contribution in [-0.2, 0) is 0 Å². The van der Waals surface area contributed by atoms with Gasteiger partial charge in [0.25, 0.3) is 5.91 Å². The van der Waals surface area contributed by atoms with Crippen LogP contribution in [0.4, 0.5) is 0 Å². The molecule has 0 radical (unpaired) electrons. The summed E-state index contributed by atoms with van der Waals surface area (Å²) in [6.45, 7) is 2.35. The molecule has 3 nitrogen and oxygen atoms in total. The van der Waals surface area contributed by atoms with Crippen molar-refractivity contribution in [1.82, 2.24) is 4.90 Å². The van der Waals surface area contributed by atoms with Crippen molar-refractivity contribution in [2.75, 3.05) is 13.1 Å². The zero-order valence-corrected chi connectivity index (χ0v) is 10.2. The van der Waals surface area contributed by atoms with E-state index in [1.165, 1.54) is 4.90 Å². The Hall–Kier alpha value is -0.770. The highest BCUT2D eigenvalue weighted by Gasteiger charge is 2.40. The van der Waals surface area contributed by atoms with Crippen molar-refractivity contribution < 1.29 is 9.90 Å². The number of carbonyl (C=O) groups is 1. The molecule has 0 unspecified atom stereocenters. The Morgan fingerprint density at radius 2 is 2.06 bits per heavy atom. The average molecular weight is 260 g/mol. The third kappa shape index (κ3) is 2.03. The van der Waals surface area contributed by atoms with Gasteiger partial charge >= 0.3 is 0 Å². The Labute approximate surface area is 104 Å². The minimum atomic E-state index is -0.777. The molecule has 0 bridgehead atoms. The second-order valence-electron chi connectivity index (χ2n) is 4.26. The summed E-state index contributed by atoms with van der Waals surface area (Å²) < 4.78 is 0. The number of benzene rings is 1. The van der Waals surface area contributed by atoms with Gasteiger partial charge in [-0.2, -0.15) is 0 Å². The van der Waals surface area contributed by atoms with E-state index in [2.05, 4.69) is 0 Å². The Bertz CT molecular complexity index is 438. The molecule has 1 saturated heterocycles. The zero-order chi connectivity index (χ0) is 11.9. The molecule has 1 heterocycles. The predicted octanol–water partition coefficient (Wildman–Crippen LogP) is 2.20. The third-order valence-electron chi connectivity index (χ3n) is 2.53. The molecule has 0 saturated carbocycles. The highest BCUT2D eigenvalue weighted by atomic mass is 35.5. The first-order chi connectivity index (χ1) is 7.41. The van der Waals surface area contributed by atoms with E-state index >= 15 is 0 Å². The van der Waals surface area contributed by atoms with Crippen LogP contribution >= 0.6 is 23.2 Å². The molecule has 5 heteroatoms. The van der Waals surface area contributed by atoms with E-state index in [1.54, 1.807) is 25.1 Å². The van der Waals surface area contributed by atoms with Crippen molar-refractivity contribution in [3.63, 3.8) is 0 Å². The van der Waals surface area contributed by atoms with Gasteiger partial charge in [-0.15, -0.1) is 0 Å². The summed E-state index contributed by atoms with van der Waals surface area (Å²) in [5, 5.41) is 10.2. The summed E-state index contributed by atoms with van der Waals surface area (Å²) in [5.41, 5.74) is -0.398. The van der Waals surface area contributed by atoms with Crippen LogP contribution in [0.1, 0.15) is 17.3 Å². The molecule has 16 heavy (non-hydrogen) atoms. The lowest BCUT2D eigenvalue weighted by molar-refractivity contribution is -0.0668. The molecule has 1 aliphatic heterocycles. The lowest BCUT2D eigenvalue weighted by Gasteiger charge is -2.44. The van der Waals surface area contributed by atoms with E-state index in [9.17, 15) is 9.90 Å². The Balaban J connectivity index is 2.20. The quantitative estimate of drug-likeness (QED) is 0.840. The van der Waals surface area contributed by atoms with E-state index in [0.717, 1.165) is 0 Å². The Morgan fingerprint density at radius 1 is 1.44 bits per heavy atom. The molecule has 1 aromatic rings. The molecule has 2 rings (SSSR count). The molecular formula is C11H11Cl2NO2. The topological polar surface area (TPSA) is 40.5 Å². The van der Waals surface area contributed by atoms with Gasteiger partial charge in [0.05, 0.1) is 34.3 Å². The van der Waals surface area contributed by atoms with Crippen LogP contribution in [0.3, 0.4) is 0 Å². The highest BCUT2D eigenvalue weighted by Crippen LogP contribution is 2.29. The molecule has 1 aliphatic rings. The van der Waals surface area contributed by atoms with E-state index in [-0.39, 0.29) is 10.9 Å². The van der Waals surface area contributed by atoms with Crippen molar-refractivity contribution >= 4 is 29.1 Å². The van der Waals surface area contributed by atoms with Crippen molar-refractivity contribution in [3.05, 3.63) is 33.8 Å². The minimum absolute atomic E-state index is 0.195. The van der Waals surface area contributed by atoms with Crippen LogP contribution in [0.25, 0.3) is 0 Å². The number of amides is 1. The molecular weight excluding hydrogens is 249 g/mol. The van der Waals surface area contributed by atoms with Gasteiger partial charge in [-0.1, -0.05) is 29.3 Å². The van der Waals surface area contributed by atoms with Gasteiger partial charge < -0.3 is 10.0 Å². The molecule has 0 aromatic heterocycles. The van der Waals surface area contributed by atoms with Crippen molar-refractivity contribution in [2.45, 2.75) is 12.5 Å². The lowest BCUT2D eigenvalue weighted by atomic mass is 9.96. The Morgan fingerprint density at radius 3 is 2.62 bits per heavy atom. The second-order valence-corrected chi connectivity index (χ2v) is 5.04. The monoisotopic (exact) mass is 259 g/mol. The van der Waals surface area contributed by atoms with Crippen molar-refractivity contribution in [3.8, 4) is 0 Å². The fourth-order valence-electron chi connectivity index (χ4n) is 1.76. The minimum Gasteiger partial charge on any atom is -0.386 e. The molecule has 0 atom stereocenters. The maximum absolute atomic E-state index is 12.0. The first-order valence-electron chi connectivity index (χ1n) is 4.86. The number of hydrogen-bond acceptors (Lipinski definition) is 2. The smallest absolute Gasteiger partial charge is 0.255 e. The normalized spacial score (nSPS) is 18.1. The van der Waals surface area contributed by atoms with Gasteiger partial charge in [0.1, 0.15) is 0 Å². The number of rotatable bonds is 1. The van der Waals surface area contributed by atoms with Crippen LogP contribution in [0.15, 0.2) is 18.2 Å². The summed E-state index contributed by atoms with van der Waals surface area (Å²) in [7, 11) is 0. The number of aliphatic hydroxyl groups is 1. The van der Waals surface area contributed by atoms with E-state index in [1.807, 2.05) is 0 Å². The predicted molar refractivity (Wildman–Crippen MR) is 63.0 cm³/mol. The molecule has 1 aromatic carbocycles. The number of carbonyl (C=O) groups excluding carboxylic acids is 1. The summed E-state index contributed by atoms with van der Waals surface area (Å²) >= 11 is 11.8. The molecule has 1 amide bonds. The van der Waals surface area contributed by atoms with Crippen molar-refractivity contribution in [1.29, 1.82) is 0 Å². The van der Waals surface area contributed by atoms with E-state index in [0.29, 0.717) is 23.7 Å². The number of likely N-dealkylation sites (tertiary alicyclic amines) is 1. The van der Waals surface area contributed by atoms with E-state index in [4.69, 9.17) is 23.2 Å². The fourth-order valence-corrected chi connectivity index (χ4v) is 2.14. The maximum atomic E-state index is 12.0. The maximum Gasteiger partial charge on any atom is 0.255 e. The van der Waals surface area contributed by atoms with E-state index < -0.39 is 5.60 Å². The summed E-state index contributed by atoms with van der Waals surface area (Å²) in [5.74, 6) is -0.195. The summed E-state index contributed by atoms with van der Waals surface area (Å²) in [6, 6.07) is 4.94. The first-order valence-corrected chi connectivity index (χ1v) is 5.62. The highest BCUT2D eigenvalue weighted by molar-refractivity contribution is 6.43. The van der Waals surface area contributed by atoms with Gasteiger partial charge in [0.2, 0.25) is 0 Å². The molecule has 0 spiro atoms. The van der Waals surface area contributed by atoms with Gasteiger partial charge in [0.15, 0.2) is 0 Å². The van der Waals surface area contributed by atoms with Crippen LogP contribution in [0.2, 0.25) is 10.0 Å².